The van der Waals surface area contributed by atoms with Crippen LogP contribution in [-0.4, -0.2) is 26.5 Å². The van der Waals surface area contributed by atoms with Gasteiger partial charge >= 0.3 is 0 Å². The Labute approximate surface area is 110 Å². The molecular formula is C12H20BrN3O. The molecule has 2 rings (SSSR count). The zero-order valence-corrected chi connectivity index (χ0v) is 12.0. The molecule has 1 heterocycles. The van der Waals surface area contributed by atoms with Crippen molar-refractivity contribution in [3.63, 3.8) is 0 Å². The molecule has 0 aliphatic heterocycles. The Morgan fingerprint density at radius 2 is 2.18 bits per heavy atom. The average Bonchev–Trinajstić information content (AvgIpc) is 2.54. The molecule has 3 N–H and O–H groups in total. The van der Waals surface area contributed by atoms with Crippen LogP contribution in [0.5, 0.6) is 0 Å². The maximum atomic E-state index is 10.3. The van der Waals surface area contributed by atoms with Crippen molar-refractivity contribution in [1.82, 2.24) is 9.78 Å². The topological polar surface area (TPSA) is 64.1 Å². The van der Waals surface area contributed by atoms with Gasteiger partial charge in [-0.1, -0.05) is 6.92 Å². The summed E-state index contributed by atoms with van der Waals surface area (Å²) in [5.74, 6) is 0. The molecule has 1 fully saturated rings. The van der Waals surface area contributed by atoms with Crippen LogP contribution in [0.4, 0.5) is 0 Å². The molecule has 0 saturated heterocycles. The predicted octanol–water partition coefficient (Wildman–Crippen LogP) is 1.62. The standard InChI is InChI=1S/C12H20BrN3O/c1-3-9-11(13)10(16(4-2)15-9)7-12(17)5-8(14)6-12/h8,17H,3-7,14H2,1-2H3. The minimum Gasteiger partial charge on any atom is -0.389 e. The maximum Gasteiger partial charge on any atom is 0.0766 e. The number of nitrogens with zero attached hydrogens (tertiary/aromatic N) is 2. The number of nitrogens with two attached hydrogens (primary N) is 1. The summed E-state index contributed by atoms with van der Waals surface area (Å²) >= 11 is 3.60. The molecule has 0 radical (unpaired) electrons. The molecule has 96 valence electrons. The lowest BCUT2D eigenvalue weighted by atomic mass is 9.73. The van der Waals surface area contributed by atoms with Crippen LogP contribution in [0.25, 0.3) is 0 Å². The largest absolute Gasteiger partial charge is 0.389 e. The van der Waals surface area contributed by atoms with Crippen LogP contribution in [0.3, 0.4) is 0 Å². The minimum absolute atomic E-state index is 0.155. The average molecular weight is 302 g/mol. The third kappa shape index (κ3) is 2.41. The Kier molecular flexibility index (Phi) is 3.61. The van der Waals surface area contributed by atoms with E-state index in [2.05, 4.69) is 34.9 Å². The van der Waals surface area contributed by atoms with Crippen molar-refractivity contribution in [3.8, 4) is 0 Å². The summed E-state index contributed by atoms with van der Waals surface area (Å²) in [6.45, 7) is 4.99. The predicted molar refractivity (Wildman–Crippen MR) is 70.8 cm³/mol. The molecule has 0 spiro atoms. The van der Waals surface area contributed by atoms with Crippen molar-refractivity contribution in [2.45, 2.75) is 57.7 Å². The number of hydrogen-bond donors (Lipinski definition) is 2. The van der Waals surface area contributed by atoms with E-state index in [1.165, 1.54) is 0 Å². The highest BCUT2D eigenvalue weighted by atomic mass is 79.9. The number of aryl methyl sites for hydroxylation is 2. The molecule has 1 aromatic heterocycles. The molecule has 4 nitrogen and oxygen atoms in total. The van der Waals surface area contributed by atoms with Crippen LogP contribution in [0.2, 0.25) is 0 Å². The first kappa shape index (κ1) is 13.1. The van der Waals surface area contributed by atoms with Crippen LogP contribution in [0, 0.1) is 0 Å². The summed E-state index contributed by atoms with van der Waals surface area (Å²) in [6.07, 6.45) is 2.92. The first-order valence-electron chi connectivity index (χ1n) is 6.21. The number of aromatic nitrogens is 2. The SMILES string of the molecule is CCc1nn(CC)c(CC2(O)CC(N)C2)c1Br. The Morgan fingerprint density at radius 3 is 2.65 bits per heavy atom. The normalized spacial score (nSPS) is 28.2. The lowest BCUT2D eigenvalue weighted by Gasteiger charge is -2.41. The van der Waals surface area contributed by atoms with E-state index in [-0.39, 0.29) is 6.04 Å². The zero-order chi connectivity index (χ0) is 12.6. The quantitative estimate of drug-likeness (QED) is 0.888. The van der Waals surface area contributed by atoms with E-state index in [4.69, 9.17) is 5.73 Å². The summed E-state index contributed by atoms with van der Waals surface area (Å²) in [5.41, 5.74) is 7.29. The van der Waals surface area contributed by atoms with Crippen molar-refractivity contribution in [3.05, 3.63) is 15.9 Å². The van der Waals surface area contributed by atoms with E-state index in [0.717, 1.165) is 28.8 Å². The Hall–Kier alpha value is -0.390. The van der Waals surface area contributed by atoms with Gasteiger partial charge in [0.05, 0.1) is 21.5 Å². The lowest BCUT2D eigenvalue weighted by molar-refractivity contribution is -0.0470. The van der Waals surface area contributed by atoms with Crippen LogP contribution >= 0.6 is 15.9 Å². The third-order valence-electron chi connectivity index (χ3n) is 3.47. The fraction of sp³-hybridized carbons (Fsp3) is 0.750. The van der Waals surface area contributed by atoms with Gasteiger partial charge in [-0.05, 0) is 42.1 Å². The second kappa shape index (κ2) is 4.71. The molecule has 0 amide bonds. The molecule has 5 heteroatoms. The molecule has 17 heavy (non-hydrogen) atoms. The van der Waals surface area contributed by atoms with Gasteiger partial charge in [0.25, 0.3) is 0 Å². The summed E-state index contributed by atoms with van der Waals surface area (Å²) in [4.78, 5) is 0. The van der Waals surface area contributed by atoms with Gasteiger partial charge in [-0.3, -0.25) is 4.68 Å². The molecule has 1 aliphatic rings. The van der Waals surface area contributed by atoms with Crippen LogP contribution in [-0.2, 0) is 19.4 Å². The van der Waals surface area contributed by atoms with Gasteiger partial charge in [-0.25, -0.2) is 0 Å². The van der Waals surface area contributed by atoms with E-state index >= 15 is 0 Å². The molecule has 1 aromatic rings. The van der Waals surface area contributed by atoms with Gasteiger partial charge in [0, 0.05) is 19.0 Å². The molecule has 0 bridgehead atoms. The first-order valence-corrected chi connectivity index (χ1v) is 7.00. The van der Waals surface area contributed by atoms with Crippen molar-refractivity contribution < 1.29 is 5.11 Å². The van der Waals surface area contributed by atoms with E-state index in [1.807, 2.05) is 4.68 Å². The second-order valence-corrected chi connectivity index (χ2v) is 5.74. The van der Waals surface area contributed by atoms with Gasteiger partial charge < -0.3 is 10.8 Å². The summed E-state index contributed by atoms with van der Waals surface area (Å²) in [5, 5.41) is 14.9. The highest BCUT2D eigenvalue weighted by Crippen LogP contribution is 2.36. The molecule has 1 aliphatic carbocycles. The highest BCUT2D eigenvalue weighted by molar-refractivity contribution is 9.10. The Morgan fingerprint density at radius 1 is 1.53 bits per heavy atom. The highest BCUT2D eigenvalue weighted by Gasteiger charge is 2.41. The maximum absolute atomic E-state index is 10.3. The number of hydrogen-bond acceptors (Lipinski definition) is 3. The monoisotopic (exact) mass is 301 g/mol. The fourth-order valence-electron chi connectivity index (χ4n) is 2.56. The number of aliphatic hydroxyl groups is 1. The van der Waals surface area contributed by atoms with Gasteiger partial charge in [-0.2, -0.15) is 5.10 Å². The van der Waals surface area contributed by atoms with Gasteiger partial charge in [0.15, 0.2) is 0 Å². The van der Waals surface area contributed by atoms with E-state index in [9.17, 15) is 5.11 Å². The zero-order valence-electron chi connectivity index (χ0n) is 10.4. The van der Waals surface area contributed by atoms with Crippen LogP contribution < -0.4 is 5.73 Å². The molecule has 0 atom stereocenters. The molecule has 0 unspecified atom stereocenters. The van der Waals surface area contributed by atoms with E-state index < -0.39 is 5.60 Å². The summed E-state index contributed by atoms with van der Waals surface area (Å²) < 4.78 is 3.03. The van der Waals surface area contributed by atoms with Gasteiger partial charge in [0.1, 0.15) is 0 Å². The van der Waals surface area contributed by atoms with Gasteiger partial charge in [-0.15, -0.1) is 0 Å². The van der Waals surface area contributed by atoms with E-state index in [1.54, 1.807) is 0 Å². The first-order chi connectivity index (χ1) is 7.99. The Balaban J connectivity index is 2.22. The van der Waals surface area contributed by atoms with Crippen LogP contribution in [0.15, 0.2) is 4.47 Å². The van der Waals surface area contributed by atoms with Crippen molar-refractivity contribution in [2.75, 3.05) is 0 Å². The summed E-state index contributed by atoms with van der Waals surface area (Å²) in [7, 11) is 0. The number of rotatable bonds is 4. The second-order valence-electron chi connectivity index (χ2n) is 4.95. The third-order valence-corrected chi connectivity index (χ3v) is 4.39. The van der Waals surface area contributed by atoms with Crippen molar-refractivity contribution in [1.29, 1.82) is 0 Å². The van der Waals surface area contributed by atoms with Crippen LogP contribution in [0.1, 0.15) is 38.1 Å². The van der Waals surface area contributed by atoms with E-state index in [0.29, 0.717) is 19.3 Å². The lowest BCUT2D eigenvalue weighted by Crippen LogP contribution is -2.53. The molecule has 0 aromatic carbocycles. The molecular weight excluding hydrogens is 282 g/mol. The molecule has 1 saturated carbocycles. The van der Waals surface area contributed by atoms with Gasteiger partial charge in [0.2, 0.25) is 0 Å². The van der Waals surface area contributed by atoms with Crippen molar-refractivity contribution in [2.24, 2.45) is 5.73 Å². The minimum atomic E-state index is -0.625. The number of halogens is 1. The smallest absolute Gasteiger partial charge is 0.0766 e. The fourth-order valence-corrected chi connectivity index (χ4v) is 3.26. The van der Waals surface area contributed by atoms with Crippen molar-refractivity contribution >= 4 is 15.9 Å². The summed E-state index contributed by atoms with van der Waals surface area (Å²) in [6, 6.07) is 0.155. The Bertz CT molecular complexity index is 410.